The average molecular weight is 188 g/mol. The van der Waals surface area contributed by atoms with E-state index >= 15 is 0 Å². The molecule has 0 aliphatic heterocycles. The molecule has 0 bridgehead atoms. The molecule has 4 N–H and O–H groups in total. The van der Waals surface area contributed by atoms with Gasteiger partial charge in [-0.25, -0.2) is 0 Å². The van der Waals surface area contributed by atoms with E-state index in [0.717, 1.165) is 13.0 Å². The van der Waals surface area contributed by atoms with Crippen molar-refractivity contribution in [2.75, 3.05) is 13.2 Å². The van der Waals surface area contributed by atoms with E-state index in [0.29, 0.717) is 18.9 Å². The zero-order chi connectivity index (χ0) is 10.3. The topological polar surface area (TPSA) is 78.3 Å². The molecule has 4 heteroatoms. The normalized spacial score (nSPS) is 13.2. The second-order valence-corrected chi connectivity index (χ2v) is 3.59. The van der Waals surface area contributed by atoms with E-state index in [1.54, 1.807) is 0 Å². The fourth-order valence-electron chi connectivity index (χ4n) is 0.774. The smallest absolute Gasteiger partial charge is 0.234 e. The molecule has 0 aliphatic rings. The van der Waals surface area contributed by atoms with Gasteiger partial charge in [-0.1, -0.05) is 13.8 Å². The molecule has 0 aliphatic carbocycles. The molecule has 0 fully saturated rings. The Morgan fingerprint density at radius 2 is 1.85 bits per heavy atom. The Morgan fingerprint density at radius 3 is 2.31 bits per heavy atom. The van der Waals surface area contributed by atoms with Gasteiger partial charge in [-0.05, 0) is 18.8 Å². The van der Waals surface area contributed by atoms with E-state index in [2.05, 4.69) is 13.8 Å². The van der Waals surface area contributed by atoms with Gasteiger partial charge in [-0.15, -0.1) is 0 Å². The van der Waals surface area contributed by atoms with Crippen LogP contribution in [-0.2, 0) is 9.53 Å². The molecule has 0 aromatic rings. The van der Waals surface area contributed by atoms with Gasteiger partial charge in [-0.2, -0.15) is 0 Å². The molecule has 0 saturated carbocycles. The Bertz CT molecular complexity index is 149. The molecule has 4 nitrogen and oxygen atoms in total. The summed E-state index contributed by atoms with van der Waals surface area (Å²) < 4.78 is 5.28. The molecule has 1 amide bonds. The summed E-state index contributed by atoms with van der Waals surface area (Å²) in [7, 11) is 0. The standard InChI is InChI=1S/C9H20N2O2/c1-7(2)3-5-13-6-4-8(10)9(11)12/h7-8H,3-6,10H2,1-2H3,(H2,11,12). The number of rotatable bonds is 7. The van der Waals surface area contributed by atoms with Crippen LogP contribution in [0.4, 0.5) is 0 Å². The SMILES string of the molecule is CC(C)CCOCCC(N)C(N)=O. The van der Waals surface area contributed by atoms with Crippen LogP contribution in [0.15, 0.2) is 0 Å². The summed E-state index contributed by atoms with van der Waals surface area (Å²) in [5.74, 6) is 0.178. The largest absolute Gasteiger partial charge is 0.381 e. The molecule has 78 valence electrons. The third-order valence-electron chi connectivity index (χ3n) is 1.78. The van der Waals surface area contributed by atoms with Crippen molar-refractivity contribution >= 4 is 5.91 Å². The highest BCUT2D eigenvalue weighted by Gasteiger charge is 2.07. The minimum atomic E-state index is -0.570. The van der Waals surface area contributed by atoms with Crippen LogP contribution in [0.25, 0.3) is 0 Å². The summed E-state index contributed by atoms with van der Waals surface area (Å²) in [6.07, 6.45) is 1.54. The third kappa shape index (κ3) is 7.74. The summed E-state index contributed by atoms with van der Waals surface area (Å²) >= 11 is 0. The number of carbonyl (C=O) groups excluding carboxylic acids is 1. The van der Waals surface area contributed by atoms with Crippen molar-refractivity contribution in [3.05, 3.63) is 0 Å². The van der Waals surface area contributed by atoms with Gasteiger partial charge in [0.15, 0.2) is 0 Å². The number of hydrogen-bond acceptors (Lipinski definition) is 3. The molecule has 1 atom stereocenters. The zero-order valence-electron chi connectivity index (χ0n) is 8.45. The lowest BCUT2D eigenvalue weighted by Crippen LogP contribution is -2.37. The van der Waals surface area contributed by atoms with E-state index in [9.17, 15) is 4.79 Å². The van der Waals surface area contributed by atoms with E-state index in [1.807, 2.05) is 0 Å². The monoisotopic (exact) mass is 188 g/mol. The second kappa shape index (κ2) is 6.86. The minimum Gasteiger partial charge on any atom is -0.381 e. The zero-order valence-corrected chi connectivity index (χ0v) is 8.45. The molecule has 0 saturated heterocycles. The lowest BCUT2D eigenvalue weighted by atomic mass is 10.1. The predicted octanol–water partition coefficient (Wildman–Crippen LogP) is 0.252. The van der Waals surface area contributed by atoms with Crippen LogP contribution in [0.3, 0.4) is 0 Å². The molecule has 0 aromatic carbocycles. The molecular formula is C9H20N2O2. The average Bonchev–Trinajstić information content (AvgIpc) is 2.02. The van der Waals surface area contributed by atoms with Gasteiger partial charge in [0, 0.05) is 13.2 Å². The van der Waals surface area contributed by atoms with Crippen LogP contribution < -0.4 is 11.5 Å². The van der Waals surface area contributed by atoms with Gasteiger partial charge in [-0.3, -0.25) is 4.79 Å². The Hall–Kier alpha value is -0.610. The molecule has 0 heterocycles. The molecule has 13 heavy (non-hydrogen) atoms. The maximum atomic E-state index is 10.5. The van der Waals surface area contributed by atoms with Crippen molar-refractivity contribution in [3.8, 4) is 0 Å². The Morgan fingerprint density at radius 1 is 1.31 bits per heavy atom. The van der Waals surface area contributed by atoms with Gasteiger partial charge in [0.2, 0.25) is 5.91 Å². The molecule has 0 rings (SSSR count). The number of nitrogens with two attached hydrogens (primary N) is 2. The van der Waals surface area contributed by atoms with Crippen molar-refractivity contribution in [2.45, 2.75) is 32.7 Å². The first-order valence-electron chi connectivity index (χ1n) is 4.66. The third-order valence-corrected chi connectivity index (χ3v) is 1.78. The highest BCUT2D eigenvalue weighted by Crippen LogP contribution is 1.99. The quantitative estimate of drug-likeness (QED) is 0.562. The van der Waals surface area contributed by atoms with E-state index in [4.69, 9.17) is 16.2 Å². The highest BCUT2D eigenvalue weighted by atomic mass is 16.5. The summed E-state index contributed by atoms with van der Waals surface area (Å²) in [6.45, 7) is 5.51. The number of primary amides is 1. The van der Waals surface area contributed by atoms with Crippen LogP contribution in [0, 0.1) is 5.92 Å². The molecule has 0 radical (unpaired) electrons. The fourth-order valence-corrected chi connectivity index (χ4v) is 0.774. The van der Waals surface area contributed by atoms with Gasteiger partial charge < -0.3 is 16.2 Å². The van der Waals surface area contributed by atoms with Gasteiger partial charge in [0.25, 0.3) is 0 Å². The Kier molecular flexibility index (Phi) is 6.54. The Balaban J connectivity index is 3.21. The highest BCUT2D eigenvalue weighted by molar-refractivity contribution is 5.79. The van der Waals surface area contributed by atoms with Gasteiger partial charge in [0.05, 0.1) is 6.04 Å². The first kappa shape index (κ1) is 12.4. The summed E-state index contributed by atoms with van der Waals surface area (Å²) in [4.78, 5) is 10.5. The first-order chi connectivity index (χ1) is 6.04. The molecule has 0 aromatic heterocycles. The minimum absolute atomic E-state index is 0.465. The lowest BCUT2D eigenvalue weighted by Gasteiger charge is -2.08. The Labute approximate surface area is 79.6 Å². The van der Waals surface area contributed by atoms with Gasteiger partial charge in [0.1, 0.15) is 0 Å². The number of ether oxygens (including phenoxy) is 1. The van der Waals surface area contributed by atoms with Crippen LogP contribution >= 0.6 is 0 Å². The molecule has 1 unspecified atom stereocenters. The van der Waals surface area contributed by atoms with Crippen molar-refractivity contribution < 1.29 is 9.53 Å². The maximum absolute atomic E-state index is 10.5. The van der Waals surface area contributed by atoms with Crippen molar-refractivity contribution in [1.82, 2.24) is 0 Å². The lowest BCUT2D eigenvalue weighted by molar-refractivity contribution is -0.119. The summed E-state index contributed by atoms with van der Waals surface area (Å²) in [5, 5.41) is 0. The number of hydrogen-bond donors (Lipinski definition) is 2. The van der Waals surface area contributed by atoms with Crippen molar-refractivity contribution in [2.24, 2.45) is 17.4 Å². The van der Waals surface area contributed by atoms with E-state index < -0.39 is 11.9 Å². The van der Waals surface area contributed by atoms with E-state index in [-0.39, 0.29) is 0 Å². The van der Waals surface area contributed by atoms with Gasteiger partial charge >= 0.3 is 0 Å². The van der Waals surface area contributed by atoms with Crippen LogP contribution in [-0.4, -0.2) is 25.2 Å². The number of amides is 1. The summed E-state index contributed by atoms with van der Waals surface area (Å²) in [5.41, 5.74) is 10.4. The van der Waals surface area contributed by atoms with Crippen molar-refractivity contribution in [1.29, 1.82) is 0 Å². The van der Waals surface area contributed by atoms with Crippen LogP contribution in [0.2, 0.25) is 0 Å². The molecular weight excluding hydrogens is 168 g/mol. The summed E-state index contributed by atoms with van der Waals surface area (Å²) in [6, 6.07) is -0.570. The van der Waals surface area contributed by atoms with Crippen LogP contribution in [0.1, 0.15) is 26.7 Å². The second-order valence-electron chi connectivity index (χ2n) is 3.59. The number of carbonyl (C=O) groups is 1. The van der Waals surface area contributed by atoms with E-state index in [1.165, 1.54) is 0 Å². The molecule has 0 spiro atoms. The predicted molar refractivity (Wildman–Crippen MR) is 52.1 cm³/mol. The first-order valence-corrected chi connectivity index (χ1v) is 4.66. The maximum Gasteiger partial charge on any atom is 0.234 e. The van der Waals surface area contributed by atoms with Crippen LogP contribution in [0.5, 0.6) is 0 Å². The van der Waals surface area contributed by atoms with Crippen molar-refractivity contribution in [3.63, 3.8) is 0 Å². The fraction of sp³-hybridized carbons (Fsp3) is 0.889.